The molecular weight excluding hydrogens is 326 g/mol. The van der Waals surface area contributed by atoms with Crippen molar-refractivity contribution >= 4 is 17.5 Å². The lowest BCUT2D eigenvalue weighted by molar-refractivity contribution is -0.164. The molecule has 3 fully saturated rings. The maximum Gasteiger partial charge on any atom is 0.272 e. The van der Waals surface area contributed by atoms with Crippen molar-refractivity contribution in [1.82, 2.24) is 15.3 Å². The zero-order chi connectivity index (χ0) is 16.9. The van der Waals surface area contributed by atoms with Gasteiger partial charge in [0.2, 0.25) is 5.72 Å². The molecule has 2 heterocycles. The van der Waals surface area contributed by atoms with Gasteiger partial charge < -0.3 is 10.0 Å². The number of hydrogen-bond acceptors (Lipinski definition) is 4. The van der Waals surface area contributed by atoms with Crippen molar-refractivity contribution in [3.63, 3.8) is 0 Å². The molecule has 2 aliphatic heterocycles. The van der Waals surface area contributed by atoms with Crippen LogP contribution in [0, 0.1) is 5.92 Å². The quantitative estimate of drug-likeness (QED) is 0.860. The highest BCUT2D eigenvalue weighted by molar-refractivity contribution is 6.30. The Morgan fingerprint density at radius 3 is 2.54 bits per heavy atom. The molecule has 0 aromatic heterocycles. The first-order chi connectivity index (χ1) is 11.5. The van der Waals surface area contributed by atoms with E-state index in [9.17, 15) is 9.90 Å². The molecule has 1 amide bonds. The number of nitrogens with one attached hydrogen (secondary N) is 1. The molecule has 5 nitrogen and oxygen atoms in total. The van der Waals surface area contributed by atoms with E-state index in [-0.39, 0.29) is 23.9 Å². The van der Waals surface area contributed by atoms with Crippen LogP contribution in [0.4, 0.5) is 0 Å². The van der Waals surface area contributed by atoms with Crippen LogP contribution in [-0.2, 0) is 4.79 Å². The third-order valence-corrected chi connectivity index (χ3v) is 6.23. The molecule has 1 aromatic rings. The van der Waals surface area contributed by atoms with Crippen molar-refractivity contribution in [3.8, 4) is 0 Å². The number of likely N-dealkylation sites (tertiary alicyclic amines) is 1. The van der Waals surface area contributed by atoms with Gasteiger partial charge in [-0.25, -0.2) is 10.4 Å². The molecule has 4 rings (SSSR count). The topological polar surface area (TPSA) is 55.8 Å². The number of hydrogen-bond donors (Lipinski definition) is 2. The number of aliphatic hydroxyl groups is 1. The summed E-state index contributed by atoms with van der Waals surface area (Å²) in [7, 11) is 1.76. The summed E-state index contributed by atoms with van der Waals surface area (Å²) in [5.41, 5.74) is 2.87. The van der Waals surface area contributed by atoms with Gasteiger partial charge in [0.15, 0.2) is 0 Å². The first-order valence-electron chi connectivity index (χ1n) is 8.80. The highest BCUT2D eigenvalue weighted by Crippen LogP contribution is 2.46. The van der Waals surface area contributed by atoms with Crippen LogP contribution in [0.1, 0.15) is 43.7 Å². The van der Waals surface area contributed by atoms with Crippen LogP contribution in [0.2, 0.25) is 5.02 Å². The van der Waals surface area contributed by atoms with Gasteiger partial charge in [0.1, 0.15) is 0 Å². The minimum Gasteiger partial charge on any atom is -0.366 e. The third kappa shape index (κ3) is 2.37. The summed E-state index contributed by atoms with van der Waals surface area (Å²) in [5.74, 6) is -0.330. The van der Waals surface area contributed by atoms with Crippen molar-refractivity contribution < 1.29 is 9.90 Å². The van der Waals surface area contributed by atoms with E-state index in [1.165, 1.54) is 19.3 Å². The second-order valence-electron chi connectivity index (χ2n) is 7.30. The minimum absolute atomic E-state index is 0.0881. The Kier molecular flexibility index (Phi) is 4.07. The number of fused-ring (bicyclic) bond motifs is 1. The molecule has 2 N–H and O–H groups in total. The molecular formula is C18H24ClN3O2. The summed E-state index contributed by atoms with van der Waals surface area (Å²) in [5, 5.41) is 13.5. The maximum absolute atomic E-state index is 13.0. The van der Waals surface area contributed by atoms with Crippen LogP contribution in [0.5, 0.6) is 0 Å². The Morgan fingerprint density at radius 1 is 1.21 bits per heavy atom. The van der Waals surface area contributed by atoms with Crippen LogP contribution in [-0.4, -0.2) is 46.3 Å². The molecule has 130 valence electrons. The summed E-state index contributed by atoms with van der Waals surface area (Å²) in [6.07, 6.45) is 5.70. The summed E-state index contributed by atoms with van der Waals surface area (Å²) >= 11 is 5.99. The number of amides is 1. The average Bonchev–Trinajstić information content (AvgIpc) is 3.01. The van der Waals surface area contributed by atoms with E-state index in [4.69, 9.17) is 11.6 Å². The van der Waals surface area contributed by atoms with Crippen LogP contribution in [0.25, 0.3) is 0 Å². The molecule has 0 bridgehead atoms. The first-order valence-corrected chi connectivity index (χ1v) is 9.18. The van der Waals surface area contributed by atoms with Crippen molar-refractivity contribution in [2.45, 2.75) is 49.9 Å². The number of benzene rings is 1. The predicted octanol–water partition coefficient (Wildman–Crippen LogP) is 2.31. The fourth-order valence-electron chi connectivity index (χ4n) is 4.60. The second-order valence-corrected chi connectivity index (χ2v) is 7.74. The SMILES string of the molecule is CN1NC(c2ccc(Cl)cc2)C2CN(C3CCCCC3)C(=O)C21O. The molecule has 24 heavy (non-hydrogen) atoms. The van der Waals surface area contributed by atoms with Gasteiger partial charge in [-0.2, -0.15) is 0 Å². The van der Waals surface area contributed by atoms with Gasteiger partial charge in [0.25, 0.3) is 5.91 Å². The Labute approximate surface area is 147 Å². The summed E-state index contributed by atoms with van der Waals surface area (Å²) in [6, 6.07) is 7.83. The fourth-order valence-corrected chi connectivity index (χ4v) is 4.73. The Morgan fingerprint density at radius 2 is 1.88 bits per heavy atom. The van der Waals surface area contributed by atoms with Crippen LogP contribution < -0.4 is 5.43 Å². The average molecular weight is 350 g/mol. The first kappa shape index (κ1) is 16.3. The number of carbonyl (C=O) groups is 1. The highest BCUT2D eigenvalue weighted by atomic mass is 35.5. The normalized spacial score (nSPS) is 34.8. The third-order valence-electron chi connectivity index (χ3n) is 5.98. The predicted molar refractivity (Wildman–Crippen MR) is 92.1 cm³/mol. The van der Waals surface area contributed by atoms with Crippen molar-refractivity contribution in [2.75, 3.05) is 13.6 Å². The van der Waals surface area contributed by atoms with E-state index in [1.54, 1.807) is 12.1 Å². The van der Waals surface area contributed by atoms with Gasteiger partial charge in [-0.3, -0.25) is 4.79 Å². The molecule has 2 saturated heterocycles. The van der Waals surface area contributed by atoms with Gasteiger partial charge in [-0.1, -0.05) is 43.0 Å². The monoisotopic (exact) mass is 349 g/mol. The van der Waals surface area contributed by atoms with Gasteiger partial charge >= 0.3 is 0 Å². The largest absolute Gasteiger partial charge is 0.366 e. The number of carbonyl (C=O) groups excluding carboxylic acids is 1. The highest BCUT2D eigenvalue weighted by Gasteiger charge is 2.64. The van der Waals surface area contributed by atoms with Gasteiger partial charge in [0, 0.05) is 24.7 Å². The maximum atomic E-state index is 13.0. The Bertz CT molecular complexity index is 632. The zero-order valence-corrected chi connectivity index (χ0v) is 14.7. The van der Waals surface area contributed by atoms with Gasteiger partial charge in [0.05, 0.1) is 12.0 Å². The van der Waals surface area contributed by atoms with Crippen LogP contribution >= 0.6 is 11.6 Å². The smallest absolute Gasteiger partial charge is 0.272 e. The molecule has 1 aromatic carbocycles. The zero-order valence-electron chi connectivity index (χ0n) is 13.9. The number of likely N-dealkylation sites (N-methyl/N-ethyl adjacent to an activating group) is 1. The van der Waals surface area contributed by atoms with Crippen LogP contribution in [0.15, 0.2) is 24.3 Å². The molecule has 6 heteroatoms. The lowest BCUT2D eigenvalue weighted by atomic mass is 9.89. The lowest BCUT2D eigenvalue weighted by Crippen LogP contribution is -2.55. The molecule has 0 radical (unpaired) electrons. The van der Waals surface area contributed by atoms with E-state index in [0.717, 1.165) is 18.4 Å². The van der Waals surface area contributed by atoms with Crippen molar-refractivity contribution in [1.29, 1.82) is 0 Å². The number of halogens is 1. The second kappa shape index (κ2) is 5.99. The van der Waals surface area contributed by atoms with Gasteiger partial charge in [-0.15, -0.1) is 0 Å². The van der Waals surface area contributed by atoms with Crippen molar-refractivity contribution in [3.05, 3.63) is 34.9 Å². The Balaban J connectivity index is 1.63. The minimum atomic E-state index is -1.46. The molecule has 1 saturated carbocycles. The Hall–Kier alpha value is -1.14. The fraction of sp³-hybridized carbons (Fsp3) is 0.611. The van der Waals surface area contributed by atoms with Gasteiger partial charge in [-0.05, 0) is 30.5 Å². The summed E-state index contributed by atoms with van der Waals surface area (Å²) < 4.78 is 0. The number of rotatable bonds is 2. The lowest BCUT2D eigenvalue weighted by Gasteiger charge is -2.34. The van der Waals surface area contributed by atoms with E-state index in [0.29, 0.717) is 11.6 Å². The summed E-state index contributed by atoms with van der Waals surface area (Å²) in [4.78, 5) is 15.0. The van der Waals surface area contributed by atoms with Crippen LogP contribution in [0.3, 0.4) is 0 Å². The summed E-state index contributed by atoms with van der Waals surface area (Å²) in [6.45, 7) is 0.602. The molecule has 3 atom stereocenters. The number of nitrogens with zero attached hydrogens (tertiary/aromatic N) is 2. The van der Waals surface area contributed by atoms with E-state index in [2.05, 4.69) is 5.43 Å². The number of hydrazine groups is 1. The van der Waals surface area contributed by atoms with E-state index in [1.807, 2.05) is 29.2 Å². The van der Waals surface area contributed by atoms with E-state index >= 15 is 0 Å². The van der Waals surface area contributed by atoms with Crippen molar-refractivity contribution in [2.24, 2.45) is 5.92 Å². The molecule has 3 aliphatic rings. The van der Waals surface area contributed by atoms with E-state index < -0.39 is 5.72 Å². The molecule has 0 spiro atoms. The molecule has 1 aliphatic carbocycles. The standard InChI is InChI=1S/C18H24ClN3O2/c1-21-18(24)15(16(20-21)12-7-9-13(19)10-8-12)11-22(17(18)23)14-5-3-2-4-6-14/h7-10,14-16,20,24H,2-6,11H2,1H3. The molecule has 3 unspecified atom stereocenters.